The molecule has 0 spiro atoms. The molecule has 16 heavy (non-hydrogen) atoms. The van der Waals surface area contributed by atoms with Crippen molar-refractivity contribution in [3.05, 3.63) is 0 Å². The van der Waals surface area contributed by atoms with Gasteiger partial charge in [-0.25, -0.2) is 4.79 Å². The van der Waals surface area contributed by atoms with Gasteiger partial charge in [-0.3, -0.25) is 0 Å². The van der Waals surface area contributed by atoms with Crippen molar-refractivity contribution in [3.8, 4) is 0 Å². The van der Waals surface area contributed by atoms with Crippen LogP contribution in [0.1, 0.15) is 33.6 Å². The van der Waals surface area contributed by atoms with Crippen molar-refractivity contribution in [2.75, 3.05) is 13.2 Å². The van der Waals surface area contributed by atoms with Crippen LogP contribution in [0.3, 0.4) is 0 Å². The van der Waals surface area contributed by atoms with Crippen molar-refractivity contribution in [1.82, 2.24) is 5.32 Å². The fourth-order valence-corrected chi connectivity index (χ4v) is 1.54. The van der Waals surface area contributed by atoms with E-state index in [1.807, 2.05) is 20.8 Å². The Morgan fingerprint density at radius 2 is 2.19 bits per heavy atom. The third-order valence-corrected chi connectivity index (χ3v) is 2.29. The molecule has 5 heteroatoms. The molecule has 0 bridgehead atoms. The number of nitrogens with one attached hydrogen (secondary N) is 1. The van der Waals surface area contributed by atoms with Gasteiger partial charge in [0.1, 0.15) is 5.60 Å². The van der Waals surface area contributed by atoms with Crippen LogP contribution in [0, 0.1) is 0 Å². The zero-order chi connectivity index (χ0) is 12.2. The van der Waals surface area contributed by atoms with Crippen LogP contribution >= 0.6 is 0 Å². The molecule has 1 aliphatic rings. The molecular formula is C11H21NO4. The van der Waals surface area contributed by atoms with Crippen LogP contribution in [0.25, 0.3) is 0 Å². The van der Waals surface area contributed by atoms with Gasteiger partial charge in [-0.2, -0.15) is 0 Å². The van der Waals surface area contributed by atoms with Gasteiger partial charge in [0.15, 0.2) is 0 Å². The van der Waals surface area contributed by atoms with Crippen molar-refractivity contribution < 1.29 is 19.4 Å². The molecule has 0 aromatic heterocycles. The Kier molecular flexibility index (Phi) is 4.56. The van der Waals surface area contributed by atoms with Crippen molar-refractivity contribution in [1.29, 1.82) is 0 Å². The van der Waals surface area contributed by atoms with Gasteiger partial charge in [-0.05, 0) is 33.6 Å². The Labute approximate surface area is 96.1 Å². The summed E-state index contributed by atoms with van der Waals surface area (Å²) in [7, 11) is 0. The van der Waals surface area contributed by atoms with E-state index in [0.29, 0.717) is 6.61 Å². The zero-order valence-electron chi connectivity index (χ0n) is 10.2. The van der Waals surface area contributed by atoms with E-state index in [4.69, 9.17) is 14.6 Å². The average Bonchev–Trinajstić information content (AvgIpc) is 2.16. The molecule has 2 atom stereocenters. The van der Waals surface area contributed by atoms with E-state index in [-0.39, 0.29) is 18.8 Å². The topological polar surface area (TPSA) is 67.8 Å². The Bertz CT molecular complexity index is 229. The highest BCUT2D eigenvalue weighted by molar-refractivity contribution is 5.68. The smallest absolute Gasteiger partial charge is 0.407 e. The number of aliphatic hydroxyl groups is 1. The number of alkyl carbamates (subject to hydrolysis) is 1. The number of amides is 1. The van der Waals surface area contributed by atoms with Gasteiger partial charge in [0, 0.05) is 0 Å². The van der Waals surface area contributed by atoms with Crippen LogP contribution < -0.4 is 5.32 Å². The second-order valence-electron chi connectivity index (χ2n) is 5.06. The van der Waals surface area contributed by atoms with Gasteiger partial charge in [-0.1, -0.05) is 0 Å². The van der Waals surface area contributed by atoms with Crippen LogP contribution in [0.4, 0.5) is 4.79 Å². The average molecular weight is 231 g/mol. The SMILES string of the molecule is CC(C)(C)OC(=O)N[C@H]1CC[C@H](CO)OC1. The first-order valence-electron chi connectivity index (χ1n) is 5.62. The van der Waals surface area contributed by atoms with E-state index in [0.717, 1.165) is 12.8 Å². The number of hydrogen-bond acceptors (Lipinski definition) is 4. The van der Waals surface area contributed by atoms with Crippen molar-refractivity contribution in [2.45, 2.75) is 51.4 Å². The summed E-state index contributed by atoms with van der Waals surface area (Å²) in [6.07, 6.45) is 1.07. The van der Waals surface area contributed by atoms with Gasteiger partial charge in [-0.15, -0.1) is 0 Å². The van der Waals surface area contributed by atoms with Crippen LogP contribution in [-0.2, 0) is 9.47 Å². The molecule has 5 nitrogen and oxygen atoms in total. The second kappa shape index (κ2) is 5.50. The summed E-state index contributed by atoms with van der Waals surface area (Å²) in [6.45, 7) is 5.95. The fraction of sp³-hybridized carbons (Fsp3) is 0.909. The predicted molar refractivity (Wildman–Crippen MR) is 59.2 cm³/mol. The molecule has 0 radical (unpaired) electrons. The summed E-state index contributed by atoms with van der Waals surface area (Å²) in [5.74, 6) is 0. The largest absolute Gasteiger partial charge is 0.444 e. The molecule has 0 aliphatic carbocycles. The minimum atomic E-state index is -0.479. The summed E-state index contributed by atoms with van der Waals surface area (Å²) in [5, 5.41) is 11.6. The van der Waals surface area contributed by atoms with E-state index in [9.17, 15) is 4.79 Å². The van der Waals surface area contributed by atoms with Gasteiger partial charge in [0.25, 0.3) is 0 Å². The first kappa shape index (κ1) is 13.3. The summed E-state index contributed by atoms with van der Waals surface area (Å²) < 4.78 is 10.5. The number of hydrogen-bond donors (Lipinski definition) is 2. The Morgan fingerprint density at radius 1 is 1.50 bits per heavy atom. The fourth-order valence-electron chi connectivity index (χ4n) is 1.54. The lowest BCUT2D eigenvalue weighted by molar-refractivity contribution is -0.0336. The molecular weight excluding hydrogens is 210 g/mol. The maximum Gasteiger partial charge on any atom is 0.407 e. The van der Waals surface area contributed by atoms with Crippen molar-refractivity contribution >= 4 is 6.09 Å². The lowest BCUT2D eigenvalue weighted by atomic mass is 10.1. The maximum absolute atomic E-state index is 11.4. The molecule has 0 aromatic carbocycles. The molecule has 94 valence electrons. The summed E-state index contributed by atoms with van der Waals surface area (Å²) in [5.41, 5.74) is -0.479. The molecule has 1 heterocycles. The van der Waals surface area contributed by atoms with E-state index in [1.54, 1.807) is 0 Å². The zero-order valence-corrected chi connectivity index (χ0v) is 10.2. The molecule has 0 unspecified atom stereocenters. The third kappa shape index (κ3) is 4.81. The molecule has 1 amide bonds. The van der Waals surface area contributed by atoms with Crippen LogP contribution in [-0.4, -0.2) is 42.2 Å². The predicted octanol–water partition coefficient (Wildman–Crippen LogP) is 1.05. The van der Waals surface area contributed by atoms with E-state index in [2.05, 4.69) is 5.32 Å². The maximum atomic E-state index is 11.4. The quantitative estimate of drug-likeness (QED) is 0.745. The molecule has 1 fully saturated rings. The lowest BCUT2D eigenvalue weighted by Gasteiger charge is -2.29. The minimum absolute atomic E-state index is 0.0161. The van der Waals surface area contributed by atoms with E-state index < -0.39 is 11.7 Å². The number of aliphatic hydroxyl groups excluding tert-OH is 1. The van der Waals surface area contributed by atoms with E-state index in [1.165, 1.54) is 0 Å². The number of ether oxygens (including phenoxy) is 2. The van der Waals surface area contributed by atoms with Crippen LogP contribution in [0.2, 0.25) is 0 Å². The Hall–Kier alpha value is -0.810. The van der Waals surface area contributed by atoms with Crippen molar-refractivity contribution in [2.24, 2.45) is 0 Å². The standard InChI is InChI=1S/C11H21NO4/c1-11(2,3)16-10(14)12-8-4-5-9(6-13)15-7-8/h8-9,13H,4-7H2,1-3H3,(H,12,14)/t8-,9+/m0/s1. The molecule has 1 saturated heterocycles. The van der Waals surface area contributed by atoms with Gasteiger partial charge in [0.2, 0.25) is 0 Å². The molecule has 1 rings (SSSR count). The minimum Gasteiger partial charge on any atom is -0.444 e. The van der Waals surface area contributed by atoms with E-state index >= 15 is 0 Å². The van der Waals surface area contributed by atoms with Gasteiger partial charge < -0.3 is 19.9 Å². The molecule has 1 aliphatic heterocycles. The highest BCUT2D eigenvalue weighted by Gasteiger charge is 2.24. The summed E-state index contributed by atoms with van der Waals surface area (Å²) >= 11 is 0. The molecule has 0 saturated carbocycles. The highest BCUT2D eigenvalue weighted by Crippen LogP contribution is 2.14. The first-order valence-corrected chi connectivity index (χ1v) is 5.62. The van der Waals surface area contributed by atoms with Gasteiger partial charge in [0.05, 0.1) is 25.4 Å². The number of carbonyl (C=O) groups excluding carboxylic acids is 1. The Morgan fingerprint density at radius 3 is 2.62 bits per heavy atom. The molecule has 0 aromatic rings. The monoisotopic (exact) mass is 231 g/mol. The van der Waals surface area contributed by atoms with Gasteiger partial charge >= 0.3 is 6.09 Å². The summed E-state index contributed by atoms with van der Waals surface area (Å²) in [6, 6.07) is -0.0161. The number of rotatable bonds is 2. The summed E-state index contributed by atoms with van der Waals surface area (Å²) in [4.78, 5) is 11.4. The second-order valence-corrected chi connectivity index (χ2v) is 5.06. The normalized spacial score (nSPS) is 26.2. The van der Waals surface area contributed by atoms with Crippen LogP contribution in [0.15, 0.2) is 0 Å². The molecule has 2 N–H and O–H groups in total. The first-order chi connectivity index (χ1) is 7.40. The van der Waals surface area contributed by atoms with Crippen molar-refractivity contribution in [3.63, 3.8) is 0 Å². The number of carbonyl (C=O) groups is 1. The highest BCUT2D eigenvalue weighted by atomic mass is 16.6. The third-order valence-electron chi connectivity index (χ3n) is 2.29. The Balaban J connectivity index is 2.26. The van der Waals surface area contributed by atoms with Crippen LogP contribution in [0.5, 0.6) is 0 Å². The lowest BCUT2D eigenvalue weighted by Crippen LogP contribution is -2.45.